The van der Waals surface area contributed by atoms with Gasteiger partial charge >= 0.3 is 0 Å². The lowest BCUT2D eigenvalue weighted by molar-refractivity contribution is 0.0620. The number of rotatable bonds is 2. The summed E-state index contributed by atoms with van der Waals surface area (Å²) in [5, 5.41) is 9.60. The molecule has 0 saturated heterocycles. The lowest BCUT2D eigenvalue weighted by Gasteiger charge is -2.35. The third kappa shape index (κ3) is 2.96. The highest BCUT2D eigenvalue weighted by atomic mass is 16.3. The molecule has 0 aliphatic heterocycles. The molecular formula is C13H20N2O2. The van der Waals surface area contributed by atoms with Gasteiger partial charge in [-0.2, -0.15) is 0 Å². The Morgan fingerprint density at radius 2 is 2.06 bits per heavy atom. The second-order valence-corrected chi connectivity index (χ2v) is 5.33. The standard InChI is InChI=1S/C13H20N2O2/c1-9(13(2,3)4)15(5)12(17)11-10(16)7-6-8-14-11/h6-9,16H,1-5H3. The molecule has 0 radical (unpaired) electrons. The third-order valence-corrected chi connectivity index (χ3v) is 3.14. The van der Waals surface area contributed by atoms with Crippen LogP contribution < -0.4 is 0 Å². The van der Waals surface area contributed by atoms with E-state index < -0.39 is 0 Å². The molecule has 1 amide bonds. The van der Waals surface area contributed by atoms with Crippen molar-refractivity contribution in [2.75, 3.05) is 7.05 Å². The summed E-state index contributed by atoms with van der Waals surface area (Å²) in [6.45, 7) is 8.19. The average Bonchev–Trinajstić information content (AvgIpc) is 2.25. The topological polar surface area (TPSA) is 53.4 Å². The second kappa shape index (κ2) is 4.73. The molecule has 1 unspecified atom stereocenters. The van der Waals surface area contributed by atoms with Crippen molar-refractivity contribution in [1.82, 2.24) is 9.88 Å². The molecule has 1 heterocycles. The fourth-order valence-electron chi connectivity index (χ4n) is 1.49. The first-order valence-electron chi connectivity index (χ1n) is 5.66. The van der Waals surface area contributed by atoms with E-state index in [2.05, 4.69) is 25.8 Å². The first kappa shape index (κ1) is 13.5. The van der Waals surface area contributed by atoms with Crippen LogP contribution in [0, 0.1) is 5.41 Å². The van der Waals surface area contributed by atoms with Crippen molar-refractivity contribution >= 4 is 5.91 Å². The summed E-state index contributed by atoms with van der Waals surface area (Å²) in [5.74, 6) is -0.337. The van der Waals surface area contributed by atoms with Gasteiger partial charge in [0.2, 0.25) is 0 Å². The predicted molar refractivity (Wildman–Crippen MR) is 66.9 cm³/mol. The van der Waals surface area contributed by atoms with Crippen molar-refractivity contribution in [3.05, 3.63) is 24.0 Å². The van der Waals surface area contributed by atoms with Gasteiger partial charge in [0, 0.05) is 19.3 Å². The summed E-state index contributed by atoms with van der Waals surface area (Å²) >= 11 is 0. The van der Waals surface area contributed by atoms with E-state index in [1.54, 1.807) is 18.0 Å². The molecule has 0 aliphatic rings. The van der Waals surface area contributed by atoms with Crippen LogP contribution in [-0.4, -0.2) is 34.0 Å². The van der Waals surface area contributed by atoms with Crippen molar-refractivity contribution in [2.24, 2.45) is 5.41 Å². The summed E-state index contributed by atoms with van der Waals surface area (Å²) in [4.78, 5) is 17.7. The van der Waals surface area contributed by atoms with Gasteiger partial charge in [0.25, 0.3) is 5.91 Å². The molecule has 0 aromatic carbocycles. The normalized spacial score (nSPS) is 13.2. The number of aromatic nitrogens is 1. The van der Waals surface area contributed by atoms with Gasteiger partial charge in [-0.15, -0.1) is 0 Å². The van der Waals surface area contributed by atoms with Crippen LogP contribution >= 0.6 is 0 Å². The predicted octanol–water partition coefficient (Wildman–Crippen LogP) is 2.29. The molecule has 0 aliphatic carbocycles. The number of aromatic hydroxyl groups is 1. The van der Waals surface area contributed by atoms with Crippen LogP contribution in [0.15, 0.2) is 18.3 Å². The van der Waals surface area contributed by atoms with Crippen molar-refractivity contribution in [2.45, 2.75) is 33.7 Å². The minimum atomic E-state index is -0.259. The number of amides is 1. The fraction of sp³-hybridized carbons (Fsp3) is 0.538. The Morgan fingerprint density at radius 3 is 2.53 bits per heavy atom. The SMILES string of the molecule is CC(N(C)C(=O)c1ncccc1O)C(C)(C)C. The Labute approximate surface area is 102 Å². The zero-order valence-corrected chi connectivity index (χ0v) is 11.1. The molecule has 4 heteroatoms. The first-order valence-corrected chi connectivity index (χ1v) is 5.66. The van der Waals surface area contributed by atoms with E-state index in [0.717, 1.165) is 0 Å². The zero-order chi connectivity index (χ0) is 13.2. The van der Waals surface area contributed by atoms with Gasteiger partial charge in [-0.3, -0.25) is 4.79 Å². The molecule has 1 aromatic rings. The van der Waals surface area contributed by atoms with Gasteiger partial charge in [0.15, 0.2) is 5.69 Å². The van der Waals surface area contributed by atoms with Crippen molar-refractivity contribution in [3.8, 4) is 5.75 Å². The largest absolute Gasteiger partial charge is 0.505 e. The number of carbonyl (C=O) groups excluding carboxylic acids is 1. The fourth-order valence-corrected chi connectivity index (χ4v) is 1.49. The molecule has 17 heavy (non-hydrogen) atoms. The quantitative estimate of drug-likeness (QED) is 0.857. The third-order valence-electron chi connectivity index (χ3n) is 3.14. The summed E-state index contributed by atoms with van der Waals surface area (Å²) in [7, 11) is 1.73. The Hall–Kier alpha value is -1.58. The van der Waals surface area contributed by atoms with E-state index in [9.17, 15) is 9.90 Å². The van der Waals surface area contributed by atoms with Crippen LogP contribution in [0.1, 0.15) is 38.2 Å². The van der Waals surface area contributed by atoms with E-state index in [0.29, 0.717) is 0 Å². The lowest BCUT2D eigenvalue weighted by Crippen LogP contribution is -2.43. The second-order valence-electron chi connectivity index (χ2n) is 5.33. The number of carbonyl (C=O) groups is 1. The Balaban J connectivity index is 2.95. The summed E-state index contributed by atoms with van der Waals surface area (Å²) in [6, 6.07) is 3.12. The van der Waals surface area contributed by atoms with Gasteiger partial charge in [-0.05, 0) is 24.5 Å². The summed E-state index contributed by atoms with van der Waals surface area (Å²) in [5.41, 5.74) is 0.0838. The molecule has 1 rings (SSSR count). The minimum absolute atomic E-state index is 0.0190. The molecule has 1 atom stereocenters. The number of nitrogens with zero attached hydrogens (tertiary/aromatic N) is 2. The Kier molecular flexibility index (Phi) is 3.76. The number of hydrogen-bond acceptors (Lipinski definition) is 3. The number of pyridine rings is 1. The molecule has 0 saturated carbocycles. The van der Waals surface area contributed by atoms with E-state index in [1.807, 2.05) is 6.92 Å². The van der Waals surface area contributed by atoms with Crippen molar-refractivity contribution in [3.63, 3.8) is 0 Å². The maximum atomic E-state index is 12.2. The van der Waals surface area contributed by atoms with Gasteiger partial charge in [0.1, 0.15) is 5.75 Å². The zero-order valence-electron chi connectivity index (χ0n) is 11.1. The smallest absolute Gasteiger partial charge is 0.276 e. The Bertz CT molecular complexity index is 410. The van der Waals surface area contributed by atoms with Crippen LogP contribution in [-0.2, 0) is 0 Å². The van der Waals surface area contributed by atoms with Crippen LogP contribution in [0.25, 0.3) is 0 Å². The lowest BCUT2D eigenvalue weighted by atomic mass is 9.87. The maximum Gasteiger partial charge on any atom is 0.276 e. The molecule has 1 aromatic heterocycles. The van der Waals surface area contributed by atoms with E-state index in [-0.39, 0.29) is 28.8 Å². The van der Waals surface area contributed by atoms with Gasteiger partial charge in [-0.1, -0.05) is 20.8 Å². The van der Waals surface area contributed by atoms with Crippen LogP contribution in [0.5, 0.6) is 5.75 Å². The van der Waals surface area contributed by atoms with Gasteiger partial charge in [-0.25, -0.2) is 4.98 Å². The molecular weight excluding hydrogens is 216 g/mol. The van der Waals surface area contributed by atoms with E-state index >= 15 is 0 Å². The first-order chi connectivity index (χ1) is 7.75. The molecule has 0 fully saturated rings. The van der Waals surface area contributed by atoms with E-state index in [1.165, 1.54) is 12.3 Å². The highest BCUT2D eigenvalue weighted by Crippen LogP contribution is 2.25. The molecule has 94 valence electrons. The summed E-state index contributed by atoms with van der Waals surface area (Å²) in [6.07, 6.45) is 1.50. The summed E-state index contributed by atoms with van der Waals surface area (Å²) < 4.78 is 0. The average molecular weight is 236 g/mol. The molecule has 1 N–H and O–H groups in total. The van der Waals surface area contributed by atoms with Gasteiger partial charge in [0.05, 0.1) is 0 Å². The van der Waals surface area contributed by atoms with Crippen LogP contribution in [0.2, 0.25) is 0 Å². The van der Waals surface area contributed by atoms with Gasteiger partial charge < -0.3 is 10.0 Å². The molecule has 0 spiro atoms. The highest BCUT2D eigenvalue weighted by Gasteiger charge is 2.29. The highest BCUT2D eigenvalue weighted by molar-refractivity contribution is 5.94. The minimum Gasteiger partial charge on any atom is -0.505 e. The van der Waals surface area contributed by atoms with Crippen LogP contribution in [0.4, 0.5) is 0 Å². The van der Waals surface area contributed by atoms with Crippen LogP contribution in [0.3, 0.4) is 0 Å². The van der Waals surface area contributed by atoms with Crippen molar-refractivity contribution in [1.29, 1.82) is 0 Å². The monoisotopic (exact) mass is 236 g/mol. The Morgan fingerprint density at radius 1 is 1.47 bits per heavy atom. The van der Waals surface area contributed by atoms with Crippen molar-refractivity contribution < 1.29 is 9.90 Å². The number of hydrogen-bond donors (Lipinski definition) is 1. The maximum absolute atomic E-state index is 12.2. The molecule has 4 nitrogen and oxygen atoms in total. The molecule has 0 bridgehead atoms. The van der Waals surface area contributed by atoms with E-state index in [4.69, 9.17) is 0 Å².